The Labute approximate surface area is 112 Å². The molecule has 2 N–H and O–H groups in total. The fraction of sp³-hybridized carbons (Fsp3) is 0.333. The summed E-state index contributed by atoms with van der Waals surface area (Å²) in [5, 5.41) is 0. The van der Waals surface area contributed by atoms with Crippen molar-refractivity contribution in [2.24, 2.45) is 5.73 Å². The lowest BCUT2D eigenvalue weighted by Gasteiger charge is -2.23. The summed E-state index contributed by atoms with van der Waals surface area (Å²) in [5.41, 5.74) is 7.16. The molecule has 0 spiro atoms. The molecule has 1 aromatic heterocycles. The summed E-state index contributed by atoms with van der Waals surface area (Å²) in [6, 6.07) is 6.46. The van der Waals surface area contributed by atoms with E-state index in [-0.39, 0.29) is 11.2 Å². The van der Waals surface area contributed by atoms with Crippen LogP contribution in [0.15, 0.2) is 36.7 Å². The number of halogens is 1. The van der Waals surface area contributed by atoms with Gasteiger partial charge in [-0.05, 0) is 50.1 Å². The molecule has 0 aliphatic heterocycles. The van der Waals surface area contributed by atoms with Crippen molar-refractivity contribution in [1.29, 1.82) is 0 Å². The number of hydrogen-bond acceptors (Lipinski definition) is 3. The third-order valence-electron chi connectivity index (χ3n) is 3.26. The van der Waals surface area contributed by atoms with Gasteiger partial charge < -0.3 is 5.73 Å². The van der Waals surface area contributed by atoms with E-state index < -0.39 is 0 Å². The van der Waals surface area contributed by atoms with E-state index in [4.69, 9.17) is 5.73 Å². The van der Waals surface area contributed by atoms with Crippen LogP contribution in [0.25, 0.3) is 0 Å². The standard InChI is InChI=1S/C15H18FN3/c1-15(2,12-3-5-13(16)6-4-12)14-18-9-11(7-8-17)10-19-14/h3-6,9-10H,7-8,17H2,1-2H3. The van der Waals surface area contributed by atoms with Gasteiger partial charge in [0.25, 0.3) is 0 Å². The molecule has 4 heteroatoms. The Balaban J connectivity index is 2.30. The predicted molar refractivity (Wildman–Crippen MR) is 73.3 cm³/mol. The van der Waals surface area contributed by atoms with Crippen LogP contribution in [0.2, 0.25) is 0 Å². The first-order valence-corrected chi connectivity index (χ1v) is 6.31. The maximum atomic E-state index is 13.0. The fourth-order valence-corrected chi connectivity index (χ4v) is 1.97. The minimum absolute atomic E-state index is 0.237. The van der Waals surface area contributed by atoms with Gasteiger partial charge in [0.1, 0.15) is 11.6 Å². The highest BCUT2D eigenvalue weighted by Gasteiger charge is 2.26. The summed E-state index contributed by atoms with van der Waals surface area (Å²) in [6.45, 7) is 4.64. The van der Waals surface area contributed by atoms with Gasteiger partial charge in [0.15, 0.2) is 0 Å². The topological polar surface area (TPSA) is 51.8 Å². The third-order valence-corrected chi connectivity index (χ3v) is 3.26. The highest BCUT2D eigenvalue weighted by molar-refractivity contribution is 5.31. The Hall–Kier alpha value is -1.81. The van der Waals surface area contributed by atoms with Gasteiger partial charge in [0.2, 0.25) is 0 Å². The molecule has 1 heterocycles. The van der Waals surface area contributed by atoms with Crippen molar-refractivity contribution >= 4 is 0 Å². The number of nitrogens with zero attached hydrogens (tertiary/aromatic N) is 2. The monoisotopic (exact) mass is 259 g/mol. The van der Waals surface area contributed by atoms with E-state index in [0.29, 0.717) is 6.54 Å². The van der Waals surface area contributed by atoms with Crippen molar-refractivity contribution in [3.05, 3.63) is 59.4 Å². The first-order chi connectivity index (χ1) is 9.04. The zero-order chi connectivity index (χ0) is 13.9. The van der Waals surface area contributed by atoms with Crippen LogP contribution in [-0.4, -0.2) is 16.5 Å². The molecule has 19 heavy (non-hydrogen) atoms. The lowest BCUT2D eigenvalue weighted by atomic mass is 9.83. The van der Waals surface area contributed by atoms with Crippen LogP contribution >= 0.6 is 0 Å². The SMILES string of the molecule is CC(C)(c1ccc(F)cc1)c1ncc(CCN)cn1. The molecule has 0 saturated carbocycles. The summed E-state index contributed by atoms with van der Waals surface area (Å²) < 4.78 is 13.0. The lowest BCUT2D eigenvalue weighted by Crippen LogP contribution is -2.22. The summed E-state index contributed by atoms with van der Waals surface area (Å²) in [4.78, 5) is 8.81. The molecular formula is C15H18FN3. The highest BCUT2D eigenvalue weighted by Crippen LogP contribution is 2.28. The van der Waals surface area contributed by atoms with Crippen LogP contribution in [0.4, 0.5) is 4.39 Å². The number of rotatable bonds is 4. The van der Waals surface area contributed by atoms with Gasteiger partial charge in [-0.15, -0.1) is 0 Å². The maximum Gasteiger partial charge on any atom is 0.138 e. The van der Waals surface area contributed by atoms with Crippen LogP contribution in [0.1, 0.15) is 30.8 Å². The molecular weight excluding hydrogens is 241 g/mol. The van der Waals surface area contributed by atoms with E-state index in [1.165, 1.54) is 12.1 Å². The second-order valence-electron chi connectivity index (χ2n) is 5.09. The normalized spacial score (nSPS) is 11.6. The van der Waals surface area contributed by atoms with Gasteiger partial charge >= 0.3 is 0 Å². The Kier molecular flexibility index (Phi) is 3.90. The van der Waals surface area contributed by atoms with Crippen molar-refractivity contribution < 1.29 is 4.39 Å². The molecule has 0 bridgehead atoms. The van der Waals surface area contributed by atoms with Crippen molar-refractivity contribution in [3.63, 3.8) is 0 Å². The van der Waals surface area contributed by atoms with Crippen LogP contribution < -0.4 is 5.73 Å². The van der Waals surface area contributed by atoms with Crippen molar-refractivity contribution in [3.8, 4) is 0 Å². The minimum Gasteiger partial charge on any atom is -0.330 e. The van der Waals surface area contributed by atoms with Crippen molar-refractivity contribution in [2.45, 2.75) is 25.7 Å². The molecule has 0 radical (unpaired) electrons. The van der Waals surface area contributed by atoms with Crippen LogP contribution in [0.5, 0.6) is 0 Å². The van der Waals surface area contributed by atoms with E-state index in [1.54, 1.807) is 24.5 Å². The molecule has 0 aliphatic rings. The quantitative estimate of drug-likeness (QED) is 0.917. The van der Waals surface area contributed by atoms with E-state index >= 15 is 0 Å². The van der Waals surface area contributed by atoms with Gasteiger partial charge in [-0.3, -0.25) is 0 Å². The number of hydrogen-bond donors (Lipinski definition) is 1. The first-order valence-electron chi connectivity index (χ1n) is 6.31. The molecule has 3 nitrogen and oxygen atoms in total. The van der Waals surface area contributed by atoms with Crippen molar-refractivity contribution in [2.75, 3.05) is 6.54 Å². The molecule has 0 atom stereocenters. The molecule has 2 aromatic rings. The van der Waals surface area contributed by atoms with Crippen LogP contribution in [-0.2, 0) is 11.8 Å². The molecule has 100 valence electrons. The number of aromatic nitrogens is 2. The Bertz CT molecular complexity index is 532. The number of nitrogens with two attached hydrogens (primary N) is 1. The van der Waals surface area contributed by atoms with Crippen molar-refractivity contribution in [1.82, 2.24) is 9.97 Å². The zero-order valence-electron chi connectivity index (χ0n) is 11.2. The average Bonchev–Trinajstić information content (AvgIpc) is 2.40. The maximum absolute atomic E-state index is 13.0. The van der Waals surface area contributed by atoms with Gasteiger partial charge in [0, 0.05) is 17.8 Å². The predicted octanol–water partition coefficient (Wildman–Crippen LogP) is 2.44. The molecule has 0 aliphatic carbocycles. The van der Waals surface area contributed by atoms with E-state index in [9.17, 15) is 4.39 Å². The summed E-state index contributed by atoms with van der Waals surface area (Å²) in [6.07, 6.45) is 4.39. The molecule has 0 unspecified atom stereocenters. The van der Waals surface area contributed by atoms with E-state index in [0.717, 1.165) is 23.4 Å². The average molecular weight is 259 g/mol. The molecule has 0 fully saturated rings. The number of benzene rings is 1. The minimum atomic E-state index is -0.352. The Morgan fingerprint density at radius 1 is 1.11 bits per heavy atom. The second kappa shape index (κ2) is 5.45. The summed E-state index contributed by atoms with van der Waals surface area (Å²) >= 11 is 0. The van der Waals surface area contributed by atoms with Gasteiger partial charge in [-0.1, -0.05) is 12.1 Å². The molecule has 1 aromatic carbocycles. The molecule has 0 amide bonds. The van der Waals surface area contributed by atoms with Crippen LogP contribution in [0, 0.1) is 5.82 Å². The first kappa shape index (κ1) is 13.6. The van der Waals surface area contributed by atoms with Gasteiger partial charge in [0.05, 0.1) is 0 Å². The van der Waals surface area contributed by atoms with Crippen LogP contribution in [0.3, 0.4) is 0 Å². The Morgan fingerprint density at radius 2 is 1.68 bits per heavy atom. The largest absolute Gasteiger partial charge is 0.330 e. The smallest absolute Gasteiger partial charge is 0.138 e. The third kappa shape index (κ3) is 2.96. The summed E-state index contributed by atoms with van der Waals surface area (Å²) in [7, 11) is 0. The Morgan fingerprint density at radius 3 is 2.21 bits per heavy atom. The van der Waals surface area contributed by atoms with E-state index in [2.05, 4.69) is 9.97 Å². The second-order valence-corrected chi connectivity index (χ2v) is 5.09. The fourth-order valence-electron chi connectivity index (χ4n) is 1.97. The van der Waals surface area contributed by atoms with Gasteiger partial charge in [-0.25, -0.2) is 14.4 Å². The zero-order valence-corrected chi connectivity index (χ0v) is 11.2. The lowest BCUT2D eigenvalue weighted by molar-refractivity contribution is 0.581. The summed E-state index contributed by atoms with van der Waals surface area (Å²) in [5.74, 6) is 0.485. The molecule has 0 saturated heterocycles. The van der Waals surface area contributed by atoms with E-state index in [1.807, 2.05) is 13.8 Å². The highest BCUT2D eigenvalue weighted by atomic mass is 19.1. The molecule has 2 rings (SSSR count). The van der Waals surface area contributed by atoms with Gasteiger partial charge in [-0.2, -0.15) is 0 Å².